The van der Waals surface area contributed by atoms with Gasteiger partial charge in [0.25, 0.3) is 0 Å². The number of hydrogen-bond donors (Lipinski definition) is 0. The molecule has 8 rings (SSSR count). The minimum Gasteiger partial charge on any atom is -0.207 e. The largest absolute Gasteiger partial charge is 0.207 e. The van der Waals surface area contributed by atoms with E-state index in [-0.39, 0.29) is 5.82 Å². The predicted octanol–water partition coefficient (Wildman–Crippen LogP) is 8.05. The van der Waals surface area contributed by atoms with Crippen LogP contribution in [0.1, 0.15) is 44.5 Å². The zero-order valence-electron chi connectivity index (χ0n) is 20.0. The fourth-order valence-electron chi connectivity index (χ4n) is 6.77. The maximum Gasteiger partial charge on any atom is 0.123 e. The third-order valence-corrected chi connectivity index (χ3v) is 8.81. The van der Waals surface area contributed by atoms with Gasteiger partial charge in [0.1, 0.15) is 5.82 Å². The van der Waals surface area contributed by atoms with Crippen molar-refractivity contribution in [2.75, 3.05) is 0 Å². The molecule has 1 heteroatoms. The summed E-state index contributed by atoms with van der Waals surface area (Å²) >= 11 is 0. The summed E-state index contributed by atoms with van der Waals surface area (Å²) in [5.74, 6) is -0.202. The fraction of sp³-hybridized carbons (Fsp3) is 0.143. The van der Waals surface area contributed by atoms with Crippen LogP contribution in [0.15, 0.2) is 103 Å². The molecule has 5 aromatic rings. The maximum atomic E-state index is 14.2. The van der Waals surface area contributed by atoms with E-state index in [9.17, 15) is 4.39 Å². The Balaban J connectivity index is 1.48. The van der Waals surface area contributed by atoms with Crippen LogP contribution < -0.4 is 0 Å². The van der Waals surface area contributed by atoms with Crippen LogP contribution >= 0.6 is 0 Å². The van der Waals surface area contributed by atoms with Gasteiger partial charge in [-0.15, -0.1) is 0 Å². The Hall–Kier alpha value is -3.97. The fourth-order valence-corrected chi connectivity index (χ4v) is 6.77. The SMILES string of the molecule is Fc1cccc(-c2ccc3c(c2)C(c2ccc4c(c2)CC4)(c2ccc4c(c2)CC4)c2ccccc2-3)c1. The Bertz CT molecular complexity index is 1650. The van der Waals surface area contributed by atoms with Crippen LogP contribution in [0, 0.1) is 5.82 Å². The molecule has 0 fully saturated rings. The van der Waals surface area contributed by atoms with Gasteiger partial charge < -0.3 is 0 Å². The molecule has 5 aromatic carbocycles. The number of halogens is 1. The van der Waals surface area contributed by atoms with Crippen molar-refractivity contribution in [1.29, 1.82) is 0 Å². The molecule has 0 saturated carbocycles. The lowest BCUT2D eigenvalue weighted by atomic mass is 9.65. The van der Waals surface area contributed by atoms with Crippen molar-refractivity contribution in [3.05, 3.63) is 153 Å². The molecule has 36 heavy (non-hydrogen) atoms. The molecule has 0 N–H and O–H groups in total. The van der Waals surface area contributed by atoms with Crippen LogP contribution in [0.3, 0.4) is 0 Å². The second kappa shape index (κ2) is 7.27. The Morgan fingerprint density at radius 3 is 1.75 bits per heavy atom. The van der Waals surface area contributed by atoms with E-state index in [1.807, 2.05) is 6.07 Å². The summed E-state index contributed by atoms with van der Waals surface area (Å²) in [6, 6.07) is 36.9. The van der Waals surface area contributed by atoms with E-state index in [2.05, 4.69) is 78.9 Å². The van der Waals surface area contributed by atoms with Crippen molar-refractivity contribution in [3.63, 3.8) is 0 Å². The molecule has 0 saturated heterocycles. The molecule has 0 heterocycles. The molecule has 0 aliphatic heterocycles. The van der Waals surface area contributed by atoms with Gasteiger partial charge in [-0.25, -0.2) is 4.39 Å². The highest BCUT2D eigenvalue weighted by atomic mass is 19.1. The Labute approximate surface area is 211 Å². The van der Waals surface area contributed by atoms with Gasteiger partial charge >= 0.3 is 0 Å². The maximum absolute atomic E-state index is 14.2. The smallest absolute Gasteiger partial charge is 0.123 e. The normalized spacial score (nSPS) is 15.7. The van der Waals surface area contributed by atoms with Crippen LogP contribution in [0.2, 0.25) is 0 Å². The summed E-state index contributed by atoms with van der Waals surface area (Å²) in [7, 11) is 0. The van der Waals surface area contributed by atoms with Gasteiger partial charge in [-0.2, -0.15) is 0 Å². The number of fused-ring (bicyclic) bond motifs is 5. The summed E-state index contributed by atoms with van der Waals surface area (Å²) in [6.07, 6.45) is 4.67. The van der Waals surface area contributed by atoms with E-state index in [0.717, 1.165) is 24.0 Å². The lowest BCUT2D eigenvalue weighted by Crippen LogP contribution is -2.30. The number of benzene rings is 5. The number of hydrogen-bond acceptors (Lipinski definition) is 0. The molecule has 0 nitrogen and oxygen atoms in total. The van der Waals surface area contributed by atoms with Gasteiger partial charge in [0.05, 0.1) is 5.41 Å². The average Bonchev–Trinajstić information content (AvgIpc) is 3.16. The molecule has 0 bridgehead atoms. The summed E-state index contributed by atoms with van der Waals surface area (Å²) < 4.78 is 14.2. The van der Waals surface area contributed by atoms with E-state index in [1.165, 1.54) is 74.5 Å². The molecule has 0 atom stereocenters. The molecular formula is C35H25F. The first-order valence-electron chi connectivity index (χ1n) is 13.0. The molecule has 3 aliphatic rings. The van der Waals surface area contributed by atoms with Gasteiger partial charge in [-0.1, -0.05) is 84.9 Å². The second-order valence-electron chi connectivity index (χ2n) is 10.5. The van der Waals surface area contributed by atoms with Gasteiger partial charge in [-0.3, -0.25) is 0 Å². The molecule has 0 aromatic heterocycles. The van der Waals surface area contributed by atoms with E-state index in [4.69, 9.17) is 0 Å². The van der Waals surface area contributed by atoms with E-state index < -0.39 is 5.41 Å². The quantitative estimate of drug-likeness (QED) is 0.248. The zero-order valence-corrected chi connectivity index (χ0v) is 20.0. The minimum atomic E-state index is -0.398. The summed E-state index contributed by atoms with van der Waals surface area (Å²) in [5, 5.41) is 0. The first-order chi connectivity index (χ1) is 17.7. The monoisotopic (exact) mass is 464 g/mol. The minimum absolute atomic E-state index is 0.202. The van der Waals surface area contributed by atoms with Crippen molar-refractivity contribution in [1.82, 2.24) is 0 Å². The summed E-state index contributed by atoms with van der Waals surface area (Å²) in [6.45, 7) is 0. The van der Waals surface area contributed by atoms with Gasteiger partial charge in [0.2, 0.25) is 0 Å². The van der Waals surface area contributed by atoms with Crippen molar-refractivity contribution in [2.24, 2.45) is 0 Å². The van der Waals surface area contributed by atoms with Gasteiger partial charge in [0, 0.05) is 0 Å². The number of rotatable bonds is 3. The second-order valence-corrected chi connectivity index (χ2v) is 10.5. The molecule has 172 valence electrons. The third-order valence-electron chi connectivity index (χ3n) is 8.81. The lowest BCUT2D eigenvalue weighted by Gasteiger charge is -2.37. The first-order valence-corrected chi connectivity index (χ1v) is 13.0. The predicted molar refractivity (Wildman–Crippen MR) is 144 cm³/mol. The zero-order chi connectivity index (χ0) is 23.9. The molecule has 0 radical (unpaired) electrons. The highest BCUT2D eigenvalue weighted by molar-refractivity contribution is 5.88. The van der Waals surface area contributed by atoms with Gasteiger partial charge in [0.15, 0.2) is 0 Å². The number of aryl methyl sites for hydroxylation is 4. The van der Waals surface area contributed by atoms with E-state index in [1.54, 1.807) is 12.1 Å². The van der Waals surface area contributed by atoms with Gasteiger partial charge in [-0.05, 0) is 111 Å². The van der Waals surface area contributed by atoms with Crippen LogP contribution in [-0.4, -0.2) is 0 Å². The Morgan fingerprint density at radius 1 is 0.472 bits per heavy atom. The van der Waals surface area contributed by atoms with Crippen LogP contribution in [0.25, 0.3) is 22.3 Å². The Kier molecular flexibility index (Phi) is 4.09. The Morgan fingerprint density at radius 2 is 1.11 bits per heavy atom. The standard InChI is InChI=1S/C35H25F/c36-30-5-3-4-24(20-30)27-14-17-32-31-6-1-2-7-33(31)35(34(32)21-27,28-15-12-22-8-10-25(22)18-28)29-16-13-23-9-11-26(23)19-29/h1-7,12-21H,8-11H2. The van der Waals surface area contributed by atoms with Crippen LogP contribution in [0.5, 0.6) is 0 Å². The molecule has 3 aliphatic carbocycles. The van der Waals surface area contributed by atoms with Crippen LogP contribution in [0.4, 0.5) is 4.39 Å². The molecular weight excluding hydrogens is 439 g/mol. The topological polar surface area (TPSA) is 0 Å². The molecule has 0 unspecified atom stereocenters. The first kappa shape index (κ1) is 20.2. The molecule has 0 amide bonds. The van der Waals surface area contributed by atoms with Crippen molar-refractivity contribution < 1.29 is 4.39 Å². The van der Waals surface area contributed by atoms with Crippen LogP contribution in [-0.2, 0) is 31.1 Å². The highest BCUT2D eigenvalue weighted by Gasteiger charge is 2.47. The summed E-state index contributed by atoms with van der Waals surface area (Å²) in [5.41, 5.74) is 15.4. The van der Waals surface area contributed by atoms with Crippen molar-refractivity contribution >= 4 is 0 Å². The molecule has 0 spiro atoms. The third kappa shape index (κ3) is 2.63. The van der Waals surface area contributed by atoms with Crippen molar-refractivity contribution in [2.45, 2.75) is 31.1 Å². The van der Waals surface area contributed by atoms with Crippen molar-refractivity contribution in [3.8, 4) is 22.3 Å². The highest BCUT2D eigenvalue weighted by Crippen LogP contribution is 2.57. The van der Waals surface area contributed by atoms with E-state index in [0.29, 0.717) is 0 Å². The average molecular weight is 465 g/mol. The summed E-state index contributed by atoms with van der Waals surface area (Å²) in [4.78, 5) is 0. The lowest BCUT2D eigenvalue weighted by molar-refractivity contribution is 0.628. The van der Waals surface area contributed by atoms with E-state index >= 15 is 0 Å².